The molecule has 0 radical (unpaired) electrons. The Morgan fingerprint density at radius 2 is 1.72 bits per heavy atom. The number of ether oxygens (including phenoxy) is 2. The van der Waals surface area contributed by atoms with Crippen molar-refractivity contribution >= 4 is 28.6 Å². The summed E-state index contributed by atoms with van der Waals surface area (Å²) in [6, 6.07) is 14.2. The predicted molar refractivity (Wildman–Crippen MR) is 144 cm³/mol. The summed E-state index contributed by atoms with van der Waals surface area (Å²) in [6.07, 6.45) is 7.65. The van der Waals surface area contributed by atoms with Gasteiger partial charge in [-0.1, -0.05) is 38.8 Å². The second-order valence-corrected chi connectivity index (χ2v) is 10.6. The molecule has 0 fully saturated rings. The number of carboxylic acids is 1. The average Bonchev–Trinajstić information content (AvgIpc) is 3.56. The number of nitrogens with zero attached hydrogens (tertiary/aromatic N) is 2. The summed E-state index contributed by atoms with van der Waals surface area (Å²) in [6.45, 7) is 5.27. The number of rotatable bonds is 13. The molecule has 6 nitrogen and oxygen atoms in total. The van der Waals surface area contributed by atoms with E-state index < -0.39 is 5.97 Å². The van der Waals surface area contributed by atoms with E-state index in [2.05, 4.69) is 60.2 Å². The molecule has 3 aromatic heterocycles. The molecule has 0 unspecified atom stereocenters. The zero-order valence-electron chi connectivity index (χ0n) is 20.5. The Labute approximate surface area is 219 Å². The minimum atomic E-state index is -1.04. The van der Waals surface area contributed by atoms with E-state index in [1.54, 1.807) is 11.3 Å². The summed E-state index contributed by atoms with van der Waals surface area (Å²) < 4.78 is 11.7. The smallest absolute Gasteiger partial charge is 0.337 e. The zero-order valence-corrected chi connectivity index (χ0v) is 22.1. The van der Waals surface area contributed by atoms with Crippen molar-refractivity contribution in [1.29, 1.82) is 0 Å². The fraction of sp³-hybridized carbons (Fsp3) is 0.321. The SMILES string of the molecule is CCCC(CCC)c1ccc(OCc2ccc(-c3csc(COc4cncc(C(=O)O)c4)n3)s2)cc1. The number of benzene rings is 1. The molecular weight excluding hydrogens is 492 g/mol. The monoisotopic (exact) mass is 522 g/mol. The Bertz CT molecular complexity index is 1260. The molecule has 0 bridgehead atoms. The Hall–Kier alpha value is -3.23. The van der Waals surface area contributed by atoms with E-state index in [1.807, 2.05) is 5.38 Å². The lowest BCUT2D eigenvalue weighted by molar-refractivity contribution is 0.0696. The standard InChI is InChI=1S/C28H30N2O4S2/c1-3-5-19(6-4-2)20-7-9-22(10-8-20)33-16-24-11-12-26(36-24)25-18-35-27(30-25)17-34-23-13-21(28(31)32)14-29-15-23/h7-15,18-19H,3-6,16-17H2,1-2H3,(H,31,32). The number of thiophene rings is 1. The highest BCUT2D eigenvalue weighted by Crippen LogP contribution is 2.31. The van der Waals surface area contributed by atoms with Gasteiger partial charge in [0.25, 0.3) is 0 Å². The van der Waals surface area contributed by atoms with E-state index >= 15 is 0 Å². The highest BCUT2D eigenvalue weighted by Gasteiger charge is 2.12. The van der Waals surface area contributed by atoms with Gasteiger partial charge in [0.2, 0.25) is 0 Å². The molecule has 0 amide bonds. The van der Waals surface area contributed by atoms with Gasteiger partial charge < -0.3 is 14.6 Å². The average molecular weight is 523 g/mol. The van der Waals surface area contributed by atoms with Crippen LogP contribution in [0.2, 0.25) is 0 Å². The predicted octanol–water partition coefficient (Wildman–Crippen LogP) is 7.81. The third-order valence-corrected chi connectivity index (χ3v) is 7.70. The Morgan fingerprint density at radius 1 is 0.972 bits per heavy atom. The molecular formula is C28H30N2O4S2. The second kappa shape index (κ2) is 12.6. The van der Waals surface area contributed by atoms with Crippen LogP contribution in [0.25, 0.3) is 10.6 Å². The van der Waals surface area contributed by atoms with Crippen LogP contribution in [0.1, 0.15) is 71.3 Å². The van der Waals surface area contributed by atoms with Crippen LogP contribution < -0.4 is 9.47 Å². The highest BCUT2D eigenvalue weighted by atomic mass is 32.1. The molecule has 8 heteroatoms. The van der Waals surface area contributed by atoms with Gasteiger partial charge >= 0.3 is 5.97 Å². The van der Waals surface area contributed by atoms with Crippen LogP contribution >= 0.6 is 22.7 Å². The van der Waals surface area contributed by atoms with Crippen molar-refractivity contribution in [2.45, 2.75) is 58.7 Å². The van der Waals surface area contributed by atoms with Crippen LogP contribution in [0.5, 0.6) is 11.5 Å². The highest BCUT2D eigenvalue weighted by molar-refractivity contribution is 7.16. The molecule has 0 aliphatic heterocycles. The van der Waals surface area contributed by atoms with Crippen molar-refractivity contribution in [2.24, 2.45) is 0 Å². The van der Waals surface area contributed by atoms with E-state index in [4.69, 9.17) is 14.6 Å². The van der Waals surface area contributed by atoms with Gasteiger partial charge in [-0.2, -0.15) is 0 Å². The van der Waals surface area contributed by atoms with Crippen molar-refractivity contribution in [2.75, 3.05) is 0 Å². The number of aromatic carboxylic acids is 1. The number of pyridine rings is 1. The van der Waals surface area contributed by atoms with E-state index in [-0.39, 0.29) is 12.2 Å². The van der Waals surface area contributed by atoms with Gasteiger partial charge in [0.05, 0.1) is 22.3 Å². The van der Waals surface area contributed by atoms with Crippen molar-refractivity contribution in [1.82, 2.24) is 9.97 Å². The molecule has 0 aliphatic carbocycles. The van der Waals surface area contributed by atoms with E-state index in [1.165, 1.54) is 61.0 Å². The second-order valence-electron chi connectivity index (χ2n) is 8.53. The molecule has 0 atom stereocenters. The van der Waals surface area contributed by atoms with Crippen LogP contribution in [0.4, 0.5) is 0 Å². The maximum atomic E-state index is 11.1. The largest absolute Gasteiger partial charge is 0.488 e. The quantitative estimate of drug-likeness (QED) is 0.193. The minimum Gasteiger partial charge on any atom is -0.488 e. The van der Waals surface area contributed by atoms with E-state index in [9.17, 15) is 4.79 Å². The summed E-state index contributed by atoms with van der Waals surface area (Å²) in [5, 5.41) is 11.9. The molecule has 188 valence electrons. The first-order valence-corrected chi connectivity index (χ1v) is 13.8. The molecule has 1 N–H and O–H groups in total. The lowest BCUT2D eigenvalue weighted by Gasteiger charge is -2.16. The van der Waals surface area contributed by atoms with Crippen LogP contribution in [0.15, 0.2) is 60.2 Å². The molecule has 0 aliphatic rings. The Morgan fingerprint density at radius 3 is 2.44 bits per heavy atom. The summed E-state index contributed by atoms with van der Waals surface area (Å²) in [5.74, 6) is 0.886. The third-order valence-electron chi connectivity index (χ3n) is 5.80. The number of thiazole rings is 1. The van der Waals surface area contributed by atoms with Gasteiger partial charge in [-0.15, -0.1) is 22.7 Å². The van der Waals surface area contributed by atoms with E-state index in [0.29, 0.717) is 18.3 Å². The van der Waals surface area contributed by atoms with Crippen LogP contribution in [0.3, 0.4) is 0 Å². The number of hydrogen-bond acceptors (Lipinski definition) is 7. The lowest BCUT2D eigenvalue weighted by Crippen LogP contribution is -2.00. The van der Waals surface area contributed by atoms with Crippen LogP contribution in [-0.2, 0) is 13.2 Å². The summed E-state index contributed by atoms with van der Waals surface area (Å²) in [4.78, 5) is 21.9. The van der Waals surface area contributed by atoms with Crippen LogP contribution in [0, 0.1) is 0 Å². The normalized spacial score (nSPS) is 11.1. The molecule has 4 aromatic rings. The van der Waals surface area contributed by atoms with Gasteiger partial charge in [0, 0.05) is 16.5 Å². The molecule has 4 rings (SSSR count). The van der Waals surface area contributed by atoms with Gasteiger partial charge in [0.1, 0.15) is 29.7 Å². The fourth-order valence-corrected chi connectivity index (χ4v) is 5.67. The maximum Gasteiger partial charge on any atom is 0.337 e. The van der Waals surface area contributed by atoms with Gasteiger partial charge in [-0.3, -0.25) is 4.98 Å². The van der Waals surface area contributed by atoms with E-state index in [0.717, 1.165) is 26.2 Å². The first-order chi connectivity index (χ1) is 17.6. The van der Waals surface area contributed by atoms with Gasteiger partial charge in [-0.25, -0.2) is 9.78 Å². The molecule has 1 aromatic carbocycles. The summed E-state index contributed by atoms with van der Waals surface area (Å²) >= 11 is 3.17. The first-order valence-electron chi connectivity index (χ1n) is 12.1. The van der Waals surface area contributed by atoms with Crippen LogP contribution in [-0.4, -0.2) is 21.0 Å². The number of carboxylic acid groups (broad SMARTS) is 1. The topological polar surface area (TPSA) is 81.5 Å². The summed E-state index contributed by atoms with van der Waals surface area (Å²) in [7, 11) is 0. The Kier molecular flexibility index (Phi) is 9.08. The Balaban J connectivity index is 1.31. The molecule has 3 heterocycles. The van der Waals surface area contributed by atoms with Crippen molar-refractivity contribution in [3.8, 4) is 22.1 Å². The minimum absolute atomic E-state index is 0.0915. The third kappa shape index (κ3) is 6.92. The lowest BCUT2D eigenvalue weighted by atomic mass is 9.90. The van der Waals surface area contributed by atoms with Crippen molar-refractivity contribution in [3.63, 3.8) is 0 Å². The fourth-order valence-electron chi connectivity index (χ4n) is 4.01. The number of aromatic nitrogens is 2. The van der Waals surface area contributed by atoms with Crippen molar-refractivity contribution < 1.29 is 19.4 Å². The molecule has 0 saturated heterocycles. The molecule has 0 spiro atoms. The molecule has 36 heavy (non-hydrogen) atoms. The van der Waals surface area contributed by atoms with Crippen molar-refractivity contribution in [3.05, 3.63) is 81.2 Å². The molecule has 0 saturated carbocycles. The maximum absolute atomic E-state index is 11.1. The number of carbonyl (C=O) groups is 1. The summed E-state index contributed by atoms with van der Waals surface area (Å²) in [5.41, 5.74) is 2.39. The first kappa shape index (κ1) is 25.9. The van der Waals surface area contributed by atoms with Gasteiger partial charge in [-0.05, 0) is 54.7 Å². The van der Waals surface area contributed by atoms with Gasteiger partial charge in [0.15, 0.2) is 0 Å². The zero-order chi connectivity index (χ0) is 25.3. The number of hydrogen-bond donors (Lipinski definition) is 1.